The number of rotatable bonds is 3. The molecule has 2 heterocycles. The molecular formula is C22H16F3N3O2. The maximum atomic E-state index is 13.2. The van der Waals surface area contributed by atoms with Crippen LogP contribution in [0.4, 0.5) is 18.9 Å². The van der Waals surface area contributed by atoms with Gasteiger partial charge in [0.05, 0.1) is 16.8 Å². The van der Waals surface area contributed by atoms with Crippen molar-refractivity contribution in [2.45, 2.75) is 20.0 Å². The van der Waals surface area contributed by atoms with Gasteiger partial charge in [-0.05, 0) is 55.3 Å². The van der Waals surface area contributed by atoms with Gasteiger partial charge in [-0.1, -0.05) is 18.2 Å². The average molecular weight is 411 g/mol. The standard InChI is InChI=1S/C22H16F3N3O2/c1-12-8-9-14(11-15(12)22(23,24)25)20(29)27-16-6-3-5-13(2)18(16)21-28-19-17(30-21)7-4-10-26-19/h3-11H,1-2H3,(H,27,29). The summed E-state index contributed by atoms with van der Waals surface area (Å²) in [6.45, 7) is 3.17. The van der Waals surface area contributed by atoms with Crippen LogP contribution >= 0.6 is 0 Å². The molecule has 2 aromatic heterocycles. The number of fused-ring (bicyclic) bond motifs is 1. The highest BCUT2D eigenvalue weighted by Crippen LogP contribution is 2.34. The summed E-state index contributed by atoms with van der Waals surface area (Å²) in [4.78, 5) is 21.2. The van der Waals surface area contributed by atoms with Gasteiger partial charge in [-0.25, -0.2) is 4.98 Å². The number of halogens is 3. The number of nitrogens with zero attached hydrogens (tertiary/aromatic N) is 2. The molecule has 0 fully saturated rings. The zero-order valence-electron chi connectivity index (χ0n) is 16.0. The quantitative estimate of drug-likeness (QED) is 0.464. The molecule has 0 saturated heterocycles. The summed E-state index contributed by atoms with van der Waals surface area (Å²) in [5.41, 5.74) is 1.70. The molecule has 1 amide bonds. The van der Waals surface area contributed by atoms with Crippen LogP contribution in [0, 0.1) is 13.8 Å². The van der Waals surface area contributed by atoms with Gasteiger partial charge < -0.3 is 9.73 Å². The molecule has 0 saturated carbocycles. The minimum absolute atomic E-state index is 0.0503. The molecule has 2 aromatic carbocycles. The topological polar surface area (TPSA) is 68.0 Å². The maximum Gasteiger partial charge on any atom is 0.416 e. The molecule has 4 aromatic rings. The number of carbonyl (C=O) groups is 1. The largest absolute Gasteiger partial charge is 0.434 e. The van der Waals surface area contributed by atoms with Crippen LogP contribution in [-0.2, 0) is 6.18 Å². The molecule has 5 nitrogen and oxygen atoms in total. The van der Waals surface area contributed by atoms with Crippen molar-refractivity contribution in [1.82, 2.24) is 9.97 Å². The summed E-state index contributed by atoms with van der Waals surface area (Å²) >= 11 is 0. The summed E-state index contributed by atoms with van der Waals surface area (Å²) in [5.74, 6) is -0.404. The second kappa shape index (κ2) is 7.29. The van der Waals surface area contributed by atoms with E-state index in [4.69, 9.17) is 4.42 Å². The Labute approximate surface area is 169 Å². The number of hydrogen-bond acceptors (Lipinski definition) is 4. The summed E-state index contributed by atoms with van der Waals surface area (Å²) in [6, 6.07) is 12.1. The first-order valence-corrected chi connectivity index (χ1v) is 9.05. The zero-order valence-corrected chi connectivity index (χ0v) is 16.0. The van der Waals surface area contributed by atoms with E-state index in [0.717, 1.165) is 11.6 Å². The molecule has 0 bridgehead atoms. The Hall–Kier alpha value is -3.68. The molecule has 0 spiro atoms. The van der Waals surface area contributed by atoms with Crippen molar-refractivity contribution < 1.29 is 22.4 Å². The summed E-state index contributed by atoms with van der Waals surface area (Å²) in [5, 5.41) is 2.68. The van der Waals surface area contributed by atoms with Crippen molar-refractivity contribution in [2.24, 2.45) is 0 Å². The second-order valence-electron chi connectivity index (χ2n) is 6.82. The maximum absolute atomic E-state index is 13.2. The number of anilines is 1. The summed E-state index contributed by atoms with van der Waals surface area (Å²) in [6.07, 6.45) is -2.95. The summed E-state index contributed by atoms with van der Waals surface area (Å²) in [7, 11) is 0. The average Bonchev–Trinajstić information content (AvgIpc) is 3.11. The van der Waals surface area contributed by atoms with Crippen molar-refractivity contribution in [1.29, 1.82) is 0 Å². The molecule has 0 atom stereocenters. The second-order valence-corrected chi connectivity index (χ2v) is 6.82. The predicted molar refractivity (Wildman–Crippen MR) is 106 cm³/mol. The SMILES string of the molecule is Cc1ccc(C(=O)Nc2cccc(C)c2-c2nc3ncccc3o2)cc1C(F)(F)F. The Kier molecular flexibility index (Phi) is 4.77. The van der Waals surface area contributed by atoms with Gasteiger partial charge in [0.25, 0.3) is 5.91 Å². The molecule has 0 unspecified atom stereocenters. The zero-order chi connectivity index (χ0) is 21.5. The number of aromatic nitrogens is 2. The van der Waals surface area contributed by atoms with Gasteiger partial charge in [-0.3, -0.25) is 4.79 Å². The van der Waals surface area contributed by atoms with Crippen LogP contribution in [0.1, 0.15) is 27.0 Å². The molecule has 1 N–H and O–H groups in total. The van der Waals surface area contributed by atoms with E-state index >= 15 is 0 Å². The fourth-order valence-corrected chi connectivity index (χ4v) is 3.19. The van der Waals surface area contributed by atoms with Crippen LogP contribution in [0.25, 0.3) is 22.7 Å². The van der Waals surface area contributed by atoms with Crippen LogP contribution in [-0.4, -0.2) is 15.9 Å². The first-order chi connectivity index (χ1) is 14.2. The van der Waals surface area contributed by atoms with Gasteiger partial charge in [-0.15, -0.1) is 0 Å². The van der Waals surface area contributed by atoms with Crippen molar-refractivity contribution in [2.75, 3.05) is 5.32 Å². The van der Waals surface area contributed by atoms with E-state index in [-0.39, 0.29) is 17.0 Å². The van der Waals surface area contributed by atoms with Crippen molar-refractivity contribution in [3.63, 3.8) is 0 Å². The van der Waals surface area contributed by atoms with E-state index in [0.29, 0.717) is 22.5 Å². The Morgan fingerprint density at radius 1 is 1.03 bits per heavy atom. The van der Waals surface area contributed by atoms with Crippen molar-refractivity contribution >= 4 is 22.8 Å². The normalized spacial score (nSPS) is 11.6. The number of amides is 1. The number of nitrogens with one attached hydrogen (secondary N) is 1. The Morgan fingerprint density at radius 2 is 1.83 bits per heavy atom. The number of hydrogen-bond donors (Lipinski definition) is 1. The smallest absolute Gasteiger partial charge is 0.416 e. The number of carbonyl (C=O) groups excluding carboxylic acids is 1. The Morgan fingerprint density at radius 3 is 2.57 bits per heavy atom. The van der Waals surface area contributed by atoms with Gasteiger partial charge in [0.1, 0.15) is 0 Å². The molecule has 4 rings (SSSR count). The first kappa shape index (κ1) is 19.6. The minimum atomic E-state index is -4.54. The van der Waals surface area contributed by atoms with Crippen molar-refractivity contribution in [3.8, 4) is 11.5 Å². The lowest BCUT2D eigenvalue weighted by atomic mass is 10.0. The number of alkyl halides is 3. The number of pyridine rings is 1. The van der Waals surface area contributed by atoms with E-state index in [2.05, 4.69) is 15.3 Å². The summed E-state index contributed by atoms with van der Waals surface area (Å²) < 4.78 is 45.4. The van der Waals surface area contributed by atoms with Crippen LogP contribution < -0.4 is 5.32 Å². The Balaban J connectivity index is 1.73. The molecule has 0 aliphatic carbocycles. The molecular weight excluding hydrogens is 395 g/mol. The van der Waals surface area contributed by atoms with E-state index in [1.807, 2.05) is 13.0 Å². The monoisotopic (exact) mass is 411 g/mol. The Bertz CT molecular complexity index is 1230. The van der Waals surface area contributed by atoms with E-state index in [1.165, 1.54) is 19.1 Å². The lowest BCUT2D eigenvalue weighted by Crippen LogP contribution is -2.15. The highest BCUT2D eigenvalue weighted by atomic mass is 19.4. The van der Waals surface area contributed by atoms with Crippen LogP contribution in [0.15, 0.2) is 59.1 Å². The third-order valence-electron chi connectivity index (χ3n) is 4.70. The lowest BCUT2D eigenvalue weighted by Gasteiger charge is -2.14. The fourth-order valence-electron chi connectivity index (χ4n) is 3.19. The third-order valence-corrected chi connectivity index (χ3v) is 4.70. The van der Waals surface area contributed by atoms with Gasteiger partial charge in [0, 0.05) is 11.8 Å². The van der Waals surface area contributed by atoms with Gasteiger partial charge in [-0.2, -0.15) is 18.2 Å². The van der Waals surface area contributed by atoms with E-state index < -0.39 is 17.6 Å². The van der Waals surface area contributed by atoms with Gasteiger partial charge in [0.2, 0.25) is 5.89 Å². The number of aryl methyl sites for hydroxylation is 2. The molecule has 30 heavy (non-hydrogen) atoms. The highest BCUT2D eigenvalue weighted by Gasteiger charge is 2.33. The van der Waals surface area contributed by atoms with Gasteiger partial charge in [0.15, 0.2) is 11.2 Å². The third kappa shape index (κ3) is 3.63. The van der Waals surface area contributed by atoms with Crippen LogP contribution in [0.2, 0.25) is 0 Å². The minimum Gasteiger partial charge on any atom is -0.434 e. The van der Waals surface area contributed by atoms with E-state index in [1.54, 1.807) is 30.5 Å². The van der Waals surface area contributed by atoms with Crippen LogP contribution in [0.3, 0.4) is 0 Å². The van der Waals surface area contributed by atoms with Crippen molar-refractivity contribution in [3.05, 3.63) is 77.0 Å². The molecule has 0 aliphatic rings. The molecule has 0 aliphatic heterocycles. The highest BCUT2D eigenvalue weighted by molar-refractivity contribution is 6.06. The van der Waals surface area contributed by atoms with Gasteiger partial charge >= 0.3 is 6.18 Å². The van der Waals surface area contributed by atoms with Crippen LogP contribution in [0.5, 0.6) is 0 Å². The first-order valence-electron chi connectivity index (χ1n) is 9.05. The molecule has 152 valence electrons. The fraction of sp³-hybridized carbons (Fsp3) is 0.136. The molecule has 0 radical (unpaired) electrons. The lowest BCUT2D eigenvalue weighted by molar-refractivity contribution is -0.138. The number of benzene rings is 2. The number of oxazole rings is 1. The van der Waals surface area contributed by atoms with E-state index in [9.17, 15) is 18.0 Å². The molecule has 8 heteroatoms. The predicted octanol–water partition coefficient (Wildman–Crippen LogP) is 5.78.